The number of pyridine rings is 2. The molecule has 0 aromatic carbocycles. The van der Waals surface area contributed by atoms with E-state index in [4.69, 9.17) is 11.6 Å². The number of aryl methyl sites for hydroxylation is 1. The third-order valence-electron chi connectivity index (χ3n) is 2.62. The van der Waals surface area contributed by atoms with Crippen molar-refractivity contribution in [1.29, 1.82) is 0 Å². The highest BCUT2D eigenvalue weighted by atomic mass is 35.5. The SMILES string of the molecule is Cc1cccc(CN(C)Cc2ccnc(Cl)c2)n1. The van der Waals surface area contributed by atoms with Crippen molar-refractivity contribution in [2.75, 3.05) is 7.05 Å². The summed E-state index contributed by atoms with van der Waals surface area (Å²) in [5.41, 5.74) is 3.29. The first-order valence-corrected chi connectivity index (χ1v) is 6.23. The molecule has 0 unspecified atom stereocenters. The minimum absolute atomic E-state index is 0.537. The summed E-state index contributed by atoms with van der Waals surface area (Å²) in [4.78, 5) is 10.7. The molecular weight excluding hydrogens is 246 g/mol. The molecule has 2 rings (SSSR count). The molecule has 2 aromatic rings. The number of nitrogens with zero attached hydrogens (tertiary/aromatic N) is 3. The lowest BCUT2D eigenvalue weighted by Gasteiger charge is -2.16. The van der Waals surface area contributed by atoms with Crippen molar-refractivity contribution in [3.05, 3.63) is 58.6 Å². The zero-order valence-corrected chi connectivity index (χ0v) is 11.4. The van der Waals surface area contributed by atoms with E-state index in [1.54, 1.807) is 6.20 Å². The summed E-state index contributed by atoms with van der Waals surface area (Å²) in [6.45, 7) is 3.66. The highest BCUT2D eigenvalue weighted by Gasteiger charge is 2.03. The summed E-state index contributed by atoms with van der Waals surface area (Å²) >= 11 is 5.87. The van der Waals surface area contributed by atoms with Gasteiger partial charge >= 0.3 is 0 Å². The quantitative estimate of drug-likeness (QED) is 0.792. The topological polar surface area (TPSA) is 29.0 Å². The van der Waals surface area contributed by atoms with E-state index in [0.29, 0.717) is 5.15 Å². The van der Waals surface area contributed by atoms with E-state index in [-0.39, 0.29) is 0 Å². The Morgan fingerprint density at radius 2 is 2.06 bits per heavy atom. The average Bonchev–Trinajstić information content (AvgIpc) is 2.28. The van der Waals surface area contributed by atoms with E-state index in [1.165, 1.54) is 0 Å². The molecule has 3 nitrogen and oxygen atoms in total. The molecule has 0 bridgehead atoms. The van der Waals surface area contributed by atoms with Gasteiger partial charge in [-0.15, -0.1) is 0 Å². The zero-order valence-electron chi connectivity index (χ0n) is 10.6. The Kier molecular flexibility index (Phi) is 4.28. The molecule has 4 heteroatoms. The molecule has 0 saturated heterocycles. The van der Waals surface area contributed by atoms with Gasteiger partial charge in [0.15, 0.2) is 0 Å². The first-order chi connectivity index (χ1) is 8.63. The highest BCUT2D eigenvalue weighted by Crippen LogP contribution is 2.10. The second-order valence-electron chi connectivity index (χ2n) is 4.43. The van der Waals surface area contributed by atoms with E-state index in [2.05, 4.69) is 21.9 Å². The maximum Gasteiger partial charge on any atom is 0.129 e. The van der Waals surface area contributed by atoms with Gasteiger partial charge in [-0.05, 0) is 43.8 Å². The zero-order chi connectivity index (χ0) is 13.0. The molecule has 2 heterocycles. The molecule has 0 spiro atoms. The summed E-state index contributed by atoms with van der Waals surface area (Å²) in [6, 6.07) is 9.96. The lowest BCUT2D eigenvalue weighted by atomic mass is 10.2. The summed E-state index contributed by atoms with van der Waals surface area (Å²) in [7, 11) is 2.07. The number of hydrogen-bond acceptors (Lipinski definition) is 3. The molecule has 2 aromatic heterocycles. The van der Waals surface area contributed by atoms with Gasteiger partial charge in [-0.2, -0.15) is 0 Å². The molecular formula is C14H16ClN3. The number of halogens is 1. The molecule has 94 valence electrons. The Morgan fingerprint density at radius 1 is 1.22 bits per heavy atom. The molecule has 0 N–H and O–H groups in total. The van der Waals surface area contributed by atoms with Gasteiger partial charge in [-0.1, -0.05) is 17.7 Å². The lowest BCUT2D eigenvalue weighted by molar-refractivity contribution is 0.315. The minimum Gasteiger partial charge on any atom is -0.296 e. The lowest BCUT2D eigenvalue weighted by Crippen LogP contribution is -2.18. The predicted molar refractivity (Wildman–Crippen MR) is 73.4 cm³/mol. The fraction of sp³-hybridized carbons (Fsp3) is 0.286. The van der Waals surface area contributed by atoms with Crippen molar-refractivity contribution < 1.29 is 0 Å². The third-order valence-corrected chi connectivity index (χ3v) is 2.83. The largest absolute Gasteiger partial charge is 0.296 e. The molecule has 0 saturated carbocycles. The highest BCUT2D eigenvalue weighted by molar-refractivity contribution is 6.29. The maximum atomic E-state index is 5.87. The van der Waals surface area contributed by atoms with Crippen LogP contribution < -0.4 is 0 Å². The second kappa shape index (κ2) is 5.94. The van der Waals surface area contributed by atoms with E-state index >= 15 is 0 Å². The Labute approximate surface area is 112 Å². The van der Waals surface area contributed by atoms with E-state index in [1.807, 2.05) is 37.3 Å². The molecule has 0 aliphatic heterocycles. The molecule has 0 aliphatic carbocycles. The fourth-order valence-corrected chi connectivity index (χ4v) is 2.07. The summed E-state index contributed by atoms with van der Waals surface area (Å²) in [5.74, 6) is 0. The van der Waals surface area contributed by atoms with Gasteiger partial charge < -0.3 is 0 Å². The van der Waals surface area contributed by atoms with E-state index < -0.39 is 0 Å². The van der Waals surface area contributed by atoms with Crippen molar-refractivity contribution in [3.63, 3.8) is 0 Å². The first-order valence-electron chi connectivity index (χ1n) is 5.85. The second-order valence-corrected chi connectivity index (χ2v) is 4.82. The van der Waals surface area contributed by atoms with Crippen molar-refractivity contribution in [2.24, 2.45) is 0 Å². The van der Waals surface area contributed by atoms with Crippen molar-refractivity contribution in [1.82, 2.24) is 14.9 Å². The van der Waals surface area contributed by atoms with Crippen LogP contribution in [-0.2, 0) is 13.1 Å². The van der Waals surface area contributed by atoms with Gasteiger partial charge in [0, 0.05) is 25.0 Å². The molecule has 0 atom stereocenters. The summed E-state index contributed by atoms with van der Waals surface area (Å²) in [6.07, 6.45) is 1.73. The first kappa shape index (κ1) is 13.0. The summed E-state index contributed by atoms with van der Waals surface area (Å²) < 4.78 is 0. The van der Waals surface area contributed by atoms with Crippen molar-refractivity contribution in [3.8, 4) is 0 Å². The number of hydrogen-bond donors (Lipinski definition) is 0. The van der Waals surface area contributed by atoms with Crippen LogP contribution in [0.3, 0.4) is 0 Å². The standard InChI is InChI=1S/C14H16ClN3/c1-11-4-3-5-13(17-11)10-18(2)9-12-6-7-16-14(15)8-12/h3-8H,9-10H2,1-2H3. The van der Waals surface area contributed by atoms with Crippen LogP contribution in [0, 0.1) is 6.92 Å². The Balaban J connectivity index is 1.98. The Hall–Kier alpha value is -1.45. The van der Waals surface area contributed by atoms with E-state index in [0.717, 1.165) is 30.0 Å². The molecule has 0 fully saturated rings. The van der Waals surface area contributed by atoms with E-state index in [9.17, 15) is 0 Å². The van der Waals surface area contributed by atoms with Gasteiger partial charge in [0.1, 0.15) is 5.15 Å². The molecule has 18 heavy (non-hydrogen) atoms. The van der Waals surface area contributed by atoms with Gasteiger partial charge in [0.25, 0.3) is 0 Å². The van der Waals surface area contributed by atoms with Crippen molar-refractivity contribution >= 4 is 11.6 Å². The van der Waals surface area contributed by atoms with Gasteiger partial charge in [-0.25, -0.2) is 4.98 Å². The van der Waals surface area contributed by atoms with Crippen LogP contribution in [0.2, 0.25) is 5.15 Å². The van der Waals surface area contributed by atoms with Crippen LogP contribution in [0.4, 0.5) is 0 Å². The molecule has 0 radical (unpaired) electrons. The van der Waals surface area contributed by atoms with Crippen LogP contribution in [0.1, 0.15) is 17.0 Å². The van der Waals surface area contributed by atoms with Gasteiger partial charge in [0.05, 0.1) is 5.69 Å². The monoisotopic (exact) mass is 261 g/mol. The number of rotatable bonds is 4. The van der Waals surface area contributed by atoms with Crippen molar-refractivity contribution in [2.45, 2.75) is 20.0 Å². The van der Waals surface area contributed by atoms with Crippen LogP contribution >= 0.6 is 11.6 Å². The average molecular weight is 262 g/mol. The predicted octanol–water partition coefficient (Wildman–Crippen LogP) is 3.07. The molecule has 0 aliphatic rings. The Bertz CT molecular complexity index is 480. The van der Waals surface area contributed by atoms with Crippen LogP contribution in [0.5, 0.6) is 0 Å². The van der Waals surface area contributed by atoms with Gasteiger partial charge in [-0.3, -0.25) is 9.88 Å². The van der Waals surface area contributed by atoms with Crippen LogP contribution in [-0.4, -0.2) is 21.9 Å². The molecule has 0 amide bonds. The normalized spacial score (nSPS) is 10.9. The van der Waals surface area contributed by atoms with Crippen LogP contribution in [0.15, 0.2) is 36.5 Å². The van der Waals surface area contributed by atoms with Gasteiger partial charge in [0.2, 0.25) is 0 Å². The maximum absolute atomic E-state index is 5.87. The number of aromatic nitrogens is 2. The fourth-order valence-electron chi connectivity index (χ4n) is 1.87. The third kappa shape index (κ3) is 3.79. The summed E-state index contributed by atoms with van der Waals surface area (Å²) in [5, 5.41) is 0.537. The minimum atomic E-state index is 0.537. The van der Waals surface area contributed by atoms with Crippen LogP contribution in [0.25, 0.3) is 0 Å². The smallest absolute Gasteiger partial charge is 0.129 e. The Morgan fingerprint density at radius 3 is 2.78 bits per heavy atom.